The van der Waals surface area contributed by atoms with Crippen LogP contribution in [0.1, 0.15) is 89.0 Å². The number of carbonyl (C=O) groups is 2. The van der Waals surface area contributed by atoms with E-state index in [1.807, 2.05) is 46.4 Å². The topological polar surface area (TPSA) is 59.1 Å². The Bertz CT molecular complexity index is 1800. The minimum Gasteiger partial charge on any atom is -0.444 e. The van der Waals surface area contributed by atoms with Crippen LogP contribution in [0.5, 0.6) is 0 Å². The highest BCUT2D eigenvalue weighted by Gasteiger charge is 2.28. The van der Waals surface area contributed by atoms with E-state index in [4.69, 9.17) is 9.47 Å². The zero-order valence-electron chi connectivity index (χ0n) is 30.1. The first kappa shape index (κ1) is 35.0. The van der Waals surface area contributed by atoms with Crippen molar-refractivity contribution in [1.82, 2.24) is 9.80 Å². The zero-order chi connectivity index (χ0) is 34.6. The molecule has 0 aliphatic carbocycles. The summed E-state index contributed by atoms with van der Waals surface area (Å²) in [5.41, 5.74) is 5.68. The number of rotatable bonds is 2. The average Bonchev–Trinajstić information content (AvgIpc) is 3.03. The molecule has 0 spiro atoms. The van der Waals surface area contributed by atoms with E-state index in [1.165, 1.54) is 49.4 Å². The Morgan fingerprint density at radius 3 is 1.77 bits per heavy atom. The summed E-state index contributed by atoms with van der Waals surface area (Å²) in [4.78, 5) is 28.0. The van der Waals surface area contributed by atoms with Crippen molar-refractivity contribution in [2.24, 2.45) is 0 Å². The van der Waals surface area contributed by atoms with Gasteiger partial charge in [0.15, 0.2) is 0 Å². The van der Waals surface area contributed by atoms with Gasteiger partial charge in [-0.3, -0.25) is 0 Å². The SMILES string of the molecule is Cc1ccc2c(C3=CCN(C(=O)OC(C)(C)C)CC3)cccc2c1.Cc1ccc2c(C3CCN(C(=O)OC(C)(C)C)CC3)cccc2c1. The molecule has 2 amide bonds. The van der Waals surface area contributed by atoms with E-state index in [-0.39, 0.29) is 12.2 Å². The summed E-state index contributed by atoms with van der Waals surface area (Å²) in [6, 6.07) is 26.2. The van der Waals surface area contributed by atoms with E-state index in [0.29, 0.717) is 19.0 Å². The molecule has 2 aliphatic rings. The molecule has 1 saturated heterocycles. The number of benzene rings is 4. The number of nitrogens with zero attached hydrogens (tertiary/aromatic N) is 2. The molecule has 0 unspecified atom stereocenters. The van der Waals surface area contributed by atoms with Crippen molar-refractivity contribution in [1.29, 1.82) is 0 Å². The molecule has 0 N–H and O–H groups in total. The largest absolute Gasteiger partial charge is 0.444 e. The fraction of sp³-hybridized carbons (Fsp3) is 0.429. The number of likely N-dealkylation sites (tertiary alicyclic amines) is 1. The summed E-state index contributed by atoms with van der Waals surface area (Å²) in [5.74, 6) is 0.509. The maximum Gasteiger partial charge on any atom is 0.410 e. The Morgan fingerprint density at radius 1 is 0.667 bits per heavy atom. The van der Waals surface area contributed by atoms with Gasteiger partial charge in [0.05, 0.1) is 0 Å². The zero-order valence-corrected chi connectivity index (χ0v) is 30.1. The second-order valence-electron chi connectivity index (χ2n) is 15.2. The van der Waals surface area contributed by atoms with Crippen LogP contribution in [0.15, 0.2) is 78.9 Å². The predicted octanol–water partition coefficient (Wildman–Crippen LogP) is 10.4. The van der Waals surface area contributed by atoms with Gasteiger partial charge in [0.1, 0.15) is 11.2 Å². The van der Waals surface area contributed by atoms with Crippen LogP contribution in [0.2, 0.25) is 0 Å². The Balaban J connectivity index is 0.000000188. The van der Waals surface area contributed by atoms with Crippen molar-refractivity contribution in [3.8, 4) is 0 Å². The molecule has 48 heavy (non-hydrogen) atoms. The Morgan fingerprint density at radius 2 is 1.21 bits per heavy atom. The molecule has 4 aromatic carbocycles. The van der Waals surface area contributed by atoms with Gasteiger partial charge in [-0.1, -0.05) is 90.0 Å². The van der Waals surface area contributed by atoms with Gasteiger partial charge >= 0.3 is 12.2 Å². The number of amides is 2. The summed E-state index contributed by atoms with van der Waals surface area (Å²) >= 11 is 0. The van der Waals surface area contributed by atoms with Crippen LogP contribution in [0.4, 0.5) is 9.59 Å². The molecule has 6 nitrogen and oxygen atoms in total. The van der Waals surface area contributed by atoms with Gasteiger partial charge in [0.2, 0.25) is 0 Å². The third kappa shape index (κ3) is 8.97. The molecule has 0 aromatic heterocycles. The van der Waals surface area contributed by atoms with E-state index in [0.717, 1.165) is 32.4 Å². The van der Waals surface area contributed by atoms with Crippen LogP contribution in [0.25, 0.3) is 27.1 Å². The van der Waals surface area contributed by atoms with Crippen LogP contribution in [-0.4, -0.2) is 59.4 Å². The van der Waals surface area contributed by atoms with Crippen molar-refractivity contribution < 1.29 is 19.1 Å². The van der Waals surface area contributed by atoms with Gasteiger partial charge < -0.3 is 19.3 Å². The smallest absolute Gasteiger partial charge is 0.410 e. The predicted molar refractivity (Wildman–Crippen MR) is 198 cm³/mol. The number of fused-ring (bicyclic) bond motifs is 2. The lowest BCUT2D eigenvalue weighted by Gasteiger charge is -2.34. The molecule has 2 heterocycles. The summed E-state index contributed by atoms with van der Waals surface area (Å²) in [7, 11) is 0. The number of carbonyl (C=O) groups excluding carboxylic acids is 2. The Labute approximate surface area is 286 Å². The van der Waals surface area contributed by atoms with Crippen molar-refractivity contribution >= 4 is 39.3 Å². The van der Waals surface area contributed by atoms with Crippen LogP contribution in [-0.2, 0) is 9.47 Å². The molecule has 0 radical (unpaired) electrons. The molecule has 4 aromatic rings. The van der Waals surface area contributed by atoms with Crippen LogP contribution in [0, 0.1) is 13.8 Å². The second-order valence-corrected chi connectivity index (χ2v) is 15.2. The van der Waals surface area contributed by atoms with Crippen molar-refractivity contribution in [2.45, 2.75) is 91.8 Å². The molecular weight excluding hydrogens is 596 g/mol. The van der Waals surface area contributed by atoms with E-state index in [9.17, 15) is 9.59 Å². The molecular formula is C42H52N2O4. The van der Waals surface area contributed by atoms with Crippen molar-refractivity contribution in [3.05, 3.63) is 101 Å². The van der Waals surface area contributed by atoms with E-state index >= 15 is 0 Å². The van der Waals surface area contributed by atoms with Gasteiger partial charge in [-0.25, -0.2) is 9.59 Å². The summed E-state index contributed by atoms with van der Waals surface area (Å²) < 4.78 is 10.9. The first-order valence-electron chi connectivity index (χ1n) is 17.3. The van der Waals surface area contributed by atoms with Crippen LogP contribution >= 0.6 is 0 Å². The van der Waals surface area contributed by atoms with E-state index < -0.39 is 11.2 Å². The highest BCUT2D eigenvalue weighted by Crippen LogP contribution is 2.34. The highest BCUT2D eigenvalue weighted by atomic mass is 16.6. The lowest BCUT2D eigenvalue weighted by molar-refractivity contribution is 0.0203. The van der Waals surface area contributed by atoms with Crippen molar-refractivity contribution in [2.75, 3.05) is 26.2 Å². The average molecular weight is 649 g/mol. The minimum atomic E-state index is -0.450. The molecule has 0 atom stereocenters. The van der Waals surface area contributed by atoms with E-state index in [2.05, 4.69) is 92.7 Å². The number of aryl methyl sites for hydroxylation is 2. The number of hydrogen-bond donors (Lipinski definition) is 0. The number of ether oxygens (including phenoxy) is 2. The molecule has 1 fully saturated rings. The fourth-order valence-electron chi connectivity index (χ4n) is 6.57. The maximum atomic E-state index is 12.2. The monoisotopic (exact) mass is 648 g/mol. The first-order valence-corrected chi connectivity index (χ1v) is 17.3. The van der Waals surface area contributed by atoms with Crippen molar-refractivity contribution in [3.63, 3.8) is 0 Å². The van der Waals surface area contributed by atoms with Gasteiger partial charge in [0, 0.05) is 26.2 Å². The third-order valence-electron chi connectivity index (χ3n) is 8.90. The van der Waals surface area contributed by atoms with E-state index in [1.54, 1.807) is 4.90 Å². The summed E-state index contributed by atoms with van der Waals surface area (Å²) in [6.45, 7) is 18.5. The van der Waals surface area contributed by atoms with Crippen LogP contribution in [0.3, 0.4) is 0 Å². The normalized spacial score (nSPS) is 15.9. The van der Waals surface area contributed by atoms with Gasteiger partial charge in [-0.2, -0.15) is 0 Å². The third-order valence-corrected chi connectivity index (χ3v) is 8.90. The van der Waals surface area contributed by atoms with Crippen LogP contribution < -0.4 is 0 Å². The molecule has 254 valence electrons. The molecule has 6 heteroatoms. The number of hydrogen-bond acceptors (Lipinski definition) is 4. The van der Waals surface area contributed by atoms with Gasteiger partial charge in [-0.15, -0.1) is 0 Å². The lowest BCUT2D eigenvalue weighted by Crippen LogP contribution is -2.41. The summed E-state index contributed by atoms with van der Waals surface area (Å²) in [6.07, 6.45) is 4.58. The molecule has 0 bridgehead atoms. The maximum absolute atomic E-state index is 12.2. The quantitative estimate of drug-likeness (QED) is 0.217. The fourth-order valence-corrected chi connectivity index (χ4v) is 6.57. The van der Waals surface area contributed by atoms with Gasteiger partial charge in [-0.05, 0) is 119 Å². The van der Waals surface area contributed by atoms with Gasteiger partial charge in [0.25, 0.3) is 0 Å². The molecule has 2 aliphatic heterocycles. The lowest BCUT2D eigenvalue weighted by atomic mass is 9.86. The standard InChI is InChI=1S/C21H27NO2.C21H25NO2/c2*1-15-8-9-19-17(14-15)6-5-7-18(19)16-10-12-22(13-11-16)20(23)24-21(2,3)4/h5-9,14,16H,10-13H2,1-4H3;5-10,14H,11-13H2,1-4H3. The summed E-state index contributed by atoms with van der Waals surface area (Å²) in [5, 5.41) is 5.20. The highest BCUT2D eigenvalue weighted by molar-refractivity contribution is 5.94. The molecule has 0 saturated carbocycles. The Kier molecular flexibility index (Phi) is 10.5. The minimum absolute atomic E-state index is 0.186. The molecule has 6 rings (SSSR count). The number of piperidine rings is 1. The first-order chi connectivity index (χ1) is 22.7. The Hall–Kier alpha value is -4.32. The second kappa shape index (κ2) is 14.4.